The lowest BCUT2D eigenvalue weighted by molar-refractivity contribution is -0.140. The molecule has 0 spiro atoms. The molecule has 0 fully saturated rings. The van der Waals surface area contributed by atoms with Crippen LogP contribution in [0, 0.1) is 0 Å². The average molecular weight is 538 g/mol. The number of anilines is 1. The Bertz CT molecular complexity index is 995. The zero-order valence-corrected chi connectivity index (χ0v) is 22.9. The van der Waals surface area contributed by atoms with Gasteiger partial charge in [-0.3, -0.25) is 28.6 Å². The third kappa shape index (κ3) is 11.0. The minimum absolute atomic E-state index is 0.000376. The van der Waals surface area contributed by atoms with Crippen molar-refractivity contribution in [1.29, 1.82) is 0 Å². The molecule has 0 bridgehead atoms. The maximum absolute atomic E-state index is 13.2. The van der Waals surface area contributed by atoms with Crippen LogP contribution in [0.2, 0.25) is 0 Å². The number of nitrogens with zero attached hydrogens (tertiary/aromatic N) is 4. The SMILES string of the molecule is CCCCCCCN(C)CC(=O)C(CC(=O)O)NC(=O)C(CC)n1ccnc(NC/C(=N/O)C(C)N)c1=O. The molecule has 0 aliphatic carbocycles. The van der Waals surface area contributed by atoms with Crippen LogP contribution in [0.1, 0.15) is 71.8 Å². The number of oxime groups is 1. The molecule has 0 aliphatic heterocycles. The number of carbonyl (C=O) groups excluding carboxylic acids is 2. The number of carboxylic acid groups (broad SMARTS) is 1. The molecule has 0 radical (unpaired) electrons. The smallest absolute Gasteiger partial charge is 0.305 e. The summed E-state index contributed by atoms with van der Waals surface area (Å²) in [4.78, 5) is 56.3. The molecule has 0 saturated heterocycles. The zero-order chi connectivity index (χ0) is 28.7. The fourth-order valence-electron chi connectivity index (χ4n) is 3.89. The van der Waals surface area contributed by atoms with Crippen LogP contribution in [-0.4, -0.2) is 86.9 Å². The largest absolute Gasteiger partial charge is 0.481 e. The van der Waals surface area contributed by atoms with E-state index in [1.165, 1.54) is 12.4 Å². The second-order valence-electron chi connectivity index (χ2n) is 9.42. The van der Waals surface area contributed by atoms with E-state index in [-0.39, 0.29) is 31.0 Å². The van der Waals surface area contributed by atoms with Gasteiger partial charge in [0.1, 0.15) is 6.04 Å². The lowest BCUT2D eigenvalue weighted by Crippen LogP contribution is -2.49. The molecule has 38 heavy (non-hydrogen) atoms. The van der Waals surface area contributed by atoms with Gasteiger partial charge in [-0.25, -0.2) is 4.98 Å². The molecular weight excluding hydrogens is 494 g/mol. The van der Waals surface area contributed by atoms with Crippen LogP contribution >= 0.6 is 0 Å². The number of unbranched alkanes of at least 4 members (excludes halogenated alkanes) is 4. The Kier molecular flexibility index (Phi) is 14.8. The van der Waals surface area contributed by atoms with Crippen LogP contribution < -0.4 is 21.9 Å². The maximum Gasteiger partial charge on any atom is 0.305 e. The second kappa shape index (κ2) is 17.2. The summed E-state index contributed by atoms with van der Waals surface area (Å²) in [5.74, 6) is -2.37. The van der Waals surface area contributed by atoms with Crippen molar-refractivity contribution in [1.82, 2.24) is 19.8 Å². The molecule has 1 aromatic rings. The Hall–Kier alpha value is -3.32. The van der Waals surface area contributed by atoms with E-state index < -0.39 is 47.8 Å². The van der Waals surface area contributed by atoms with E-state index in [9.17, 15) is 24.3 Å². The summed E-state index contributed by atoms with van der Waals surface area (Å²) in [6.07, 6.45) is 7.71. The van der Waals surface area contributed by atoms with Crippen LogP contribution in [-0.2, 0) is 14.4 Å². The predicted octanol–water partition coefficient (Wildman–Crippen LogP) is 1.21. The Morgan fingerprint density at radius 1 is 1.21 bits per heavy atom. The van der Waals surface area contributed by atoms with Crippen molar-refractivity contribution in [3.8, 4) is 0 Å². The molecule has 1 rings (SSSR count). The highest BCUT2D eigenvalue weighted by Gasteiger charge is 2.29. The first-order chi connectivity index (χ1) is 18.0. The Labute approximate surface area is 223 Å². The minimum Gasteiger partial charge on any atom is -0.481 e. The molecule has 1 heterocycles. The number of nitrogens with two attached hydrogens (primary N) is 1. The van der Waals surface area contributed by atoms with Gasteiger partial charge in [-0.2, -0.15) is 0 Å². The first-order valence-electron chi connectivity index (χ1n) is 13.1. The van der Waals surface area contributed by atoms with E-state index >= 15 is 0 Å². The van der Waals surface area contributed by atoms with Gasteiger partial charge in [-0.05, 0) is 33.4 Å². The summed E-state index contributed by atoms with van der Waals surface area (Å²) in [5, 5.41) is 26.8. The normalized spacial score (nSPS) is 14.1. The van der Waals surface area contributed by atoms with Crippen molar-refractivity contribution >= 4 is 29.2 Å². The van der Waals surface area contributed by atoms with Crippen LogP contribution in [0.3, 0.4) is 0 Å². The van der Waals surface area contributed by atoms with E-state index in [0.29, 0.717) is 6.54 Å². The number of ketones is 1. The van der Waals surface area contributed by atoms with Gasteiger partial charge in [0.2, 0.25) is 5.91 Å². The predicted molar refractivity (Wildman–Crippen MR) is 145 cm³/mol. The number of Topliss-reactive ketones (excluding diaryl/α,β-unsaturated/α-hetero) is 1. The summed E-state index contributed by atoms with van der Waals surface area (Å²) in [6, 6.07) is -2.80. The zero-order valence-electron chi connectivity index (χ0n) is 22.9. The lowest BCUT2D eigenvalue weighted by atomic mass is 10.1. The molecule has 0 aromatic carbocycles. The van der Waals surface area contributed by atoms with Crippen LogP contribution in [0.5, 0.6) is 0 Å². The van der Waals surface area contributed by atoms with Gasteiger partial charge in [0, 0.05) is 18.4 Å². The van der Waals surface area contributed by atoms with Gasteiger partial charge in [0.25, 0.3) is 5.56 Å². The summed E-state index contributed by atoms with van der Waals surface area (Å²) in [7, 11) is 1.79. The highest BCUT2D eigenvalue weighted by molar-refractivity contribution is 5.94. The number of carbonyl (C=O) groups is 3. The average Bonchev–Trinajstić information content (AvgIpc) is 2.85. The monoisotopic (exact) mass is 537 g/mol. The van der Waals surface area contributed by atoms with Gasteiger partial charge in [-0.1, -0.05) is 44.7 Å². The fourth-order valence-corrected chi connectivity index (χ4v) is 3.89. The van der Waals surface area contributed by atoms with E-state index in [1.54, 1.807) is 20.9 Å². The highest BCUT2D eigenvalue weighted by atomic mass is 16.4. The Balaban J connectivity index is 2.96. The summed E-state index contributed by atoms with van der Waals surface area (Å²) >= 11 is 0. The van der Waals surface area contributed by atoms with Crippen molar-refractivity contribution in [2.24, 2.45) is 10.9 Å². The van der Waals surface area contributed by atoms with Crippen LogP contribution in [0.25, 0.3) is 0 Å². The van der Waals surface area contributed by atoms with Gasteiger partial charge in [0.05, 0.1) is 31.3 Å². The van der Waals surface area contributed by atoms with Crippen molar-refractivity contribution in [2.75, 3.05) is 32.0 Å². The molecule has 1 amide bonds. The van der Waals surface area contributed by atoms with Gasteiger partial charge in [-0.15, -0.1) is 0 Å². The summed E-state index contributed by atoms with van der Waals surface area (Å²) in [5.41, 5.74) is 5.30. The van der Waals surface area contributed by atoms with Crippen LogP contribution in [0.4, 0.5) is 5.82 Å². The number of aliphatic carboxylic acids is 1. The molecule has 1 aromatic heterocycles. The molecular formula is C25H43N7O6. The van der Waals surface area contributed by atoms with E-state index in [0.717, 1.165) is 36.7 Å². The van der Waals surface area contributed by atoms with Crippen LogP contribution in [0.15, 0.2) is 22.3 Å². The number of rotatable bonds is 19. The van der Waals surface area contributed by atoms with Gasteiger partial charge < -0.3 is 26.7 Å². The number of amides is 1. The number of nitrogens with one attached hydrogen (secondary N) is 2. The number of hydrogen-bond donors (Lipinski definition) is 5. The molecule has 6 N–H and O–H groups in total. The van der Waals surface area contributed by atoms with E-state index in [4.69, 9.17) is 10.9 Å². The lowest BCUT2D eigenvalue weighted by Gasteiger charge is -2.24. The number of hydrogen-bond acceptors (Lipinski definition) is 10. The van der Waals surface area contributed by atoms with E-state index in [1.807, 2.05) is 4.90 Å². The fraction of sp³-hybridized carbons (Fsp3) is 0.680. The first-order valence-corrected chi connectivity index (χ1v) is 13.1. The molecule has 214 valence electrons. The van der Waals surface area contributed by atoms with Gasteiger partial charge >= 0.3 is 5.97 Å². The molecule has 3 unspecified atom stereocenters. The van der Waals surface area contributed by atoms with Gasteiger partial charge in [0.15, 0.2) is 11.6 Å². The van der Waals surface area contributed by atoms with Crippen molar-refractivity contribution < 1.29 is 24.7 Å². The molecule has 13 heteroatoms. The Morgan fingerprint density at radius 3 is 2.47 bits per heavy atom. The van der Waals surface area contributed by atoms with Crippen molar-refractivity contribution in [3.05, 3.63) is 22.7 Å². The number of carboxylic acids is 1. The molecule has 0 saturated carbocycles. The Morgan fingerprint density at radius 2 is 1.89 bits per heavy atom. The van der Waals surface area contributed by atoms with Crippen molar-refractivity contribution in [2.45, 2.75) is 83.8 Å². The number of likely N-dealkylation sites (N-methyl/N-ethyl adjacent to an activating group) is 1. The third-order valence-corrected chi connectivity index (χ3v) is 6.14. The quantitative estimate of drug-likeness (QED) is 0.0741. The topological polar surface area (TPSA) is 192 Å². The standard InChI is InChI=1S/C25H43N7O6/c1-5-7-8-9-10-12-31(4)16-21(33)18(14-22(34)35)29-24(36)20(6-2)32-13-11-27-23(25(32)37)28-15-19(30-38)17(3)26/h11,13,17-18,20,38H,5-10,12,14-16,26H2,1-4H3,(H,27,28)(H,29,36)(H,34,35)/b30-19-. The summed E-state index contributed by atoms with van der Waals surface area (Å²) in [6.45, 7) is 6.10. The number of aromatic nitrogens is 2. The minimum atomic E-state index is -1.24. The second-order valence-corrected chi connectivity index (χ2v) is 9.42. The first kappa shape index (κ1) is 32.7. The maximum atomic E-state index is 13.2. The highest BCUT2D eigenvalue weighted by Crippen LogP contribution is 2.12. The summed E-state index contributed by atoms with van der Waals surface area (Å²) < 4.78 is 1.16. The third-order valence-electron chi connectivity index (χ3n) is 6.14. The molecule has 0 aliphatic rings. The van der Waals surface area contributed by atoms with E-state index in [2.05, 4.69) is 27.7 Å². The molecule has 3 atom stereocenters. The van der Waals surface area contributed by atoms with Crippen molar-refractivity contribution in [3.63, 3.8) is 0 Å². The molecule has 13 nitrogen and oxygen atoms in total.